The molecule has 0 saturated carbocycles. The summed E-state index contributed by atoms with van der Waals surface area (Å²) < 4.78 is 1.75. The van der Waals surface area contributed by atoms with E-state index >= 15 is 0 Å². The highest BCUT2D eigenvalue weighted by Crippen LogP contribution is 2.12. The van der Waals surface area contributed by atoms with Gasteiger partial charge >= 0.3 is 0 Å². The fraction of sp³-hybridized carbons (Fsp3) is 0.308. The van der Waals surface area contributed by atoms with Crippen molar-refractivity contribution >= 4 is 18.0 Å². The molecule has 1 aromatic heterocycles. The molecule has 0 radical (unpaired) electrons. The van der Waals surface area contributed by atoms with Crippen LogP contribution >= 0.6 is 11.8 Å². The smallest absolute Gasteiger partial charge is 0.192 e. The van der Waals surface area contributed by atoms with E-state index in [-0.39, 0.29) is 0 Å². The minimum Gasteiger partial charge on any atom is -0.192 e. The fourth-order valence-corrected chi connectivity index (χ4v) is 2.04. The normalized spacial score (nSPS) is 11.3. The Morgan fingerprint density at radius 2 is 2.00 bits per heavy atom. The number of aromatic nitrogens is 3. The molecule has 1 heterocycles. The molecular weight excluding hydrogens is 244 g/mol. The van der Waals surface area contributed by atoms with E-state index < -0.39 is 0 Å². The van der Waals surface area contributed by atoms with Gasteiger partial charge in [0.1, 0.15) is 0 Å². The molecule has 0 spiro atoms. The monoisotopic (exact) mass is 260 g/mol. The summed E-state index contributed by atoms with van der Waals surface area (Å²) in [5.74, 6) is 0.792. The summed E-state index contributed by atoms with van der Waals surface area (Å²) in [5.41, 5.74) is 2.41. The number of thioether (sulfide) groups is 1. The van der Waals surface area contributed by atoms with Gasteiger partial charge in [0.2, 0.25) is 5.16 Å². The molecule has 94 valence electrons. The maximum atomic E-state index is 4.41. The van der Waals surface area contributed by atoms with Gasteiger partial charge in [-0.1, -0.05) is 43.0 Å². The number of rotatable bonds is 4. The van der Waals surface area contributed by atoms with E-state index in [4.69, 9.17) is 0 Å². The predicted molar refractivity (Wildman–Crippen MR) is 75.4 cm³/mol. The van der Waals surface area contributed by atoms with Gasteiger partial charge in [0.05, 0.1) is 6.21 Å². The lowest BCUT2D eigenvalue weighted by molar-refractivity contribution is 0.745. The third kappa shape index (κ3) is 2.79. The third-order valence-corrected chi connectivity index (χ3v) is 3.28. The lowest BCUT2D eigenvalue weighted by Crippen LogP contribution is -1.95. The first-order valence-corrected chi connectivity index (χ1v) is 7.06. The molecule has 2 rings (SSSR count). The van der Waals surface area contributed by atoms with E-state index in [2.05, 4.69) is 46.5 Å². The van der Waals surface area contributed by atoms with Gasteiger partial charge < -0.3 is 0 Å². The van der Waals surface area contributed by atoms with E-state index in [1.165, 1.54) is 17.3 Å². The lowest BCUT2D eigenvalue weighted by atomic mass is 10.1. The van der Waals surface area contributed by atoms with Crippen molar-refractivity contribution in [2.24, 2.45) is 5.10 Å². The summed E-state index contributed by atoms with van der Waals surface area (Å²) >= 11 is 1.53. The van der Waals surface area contributed by atoms with Crippen LogP contribution in [0.2, 0.25) is 0 Å². The molecular formula is C13H16N4S. The van der Waals surface area contributed by atoms with Crippen molar-refractivity contribution in [3.05, 3.63) is 41.2 Å². The molecule has 0 N–H and O–H groups in total. The Hall–Kier alpha value is -1.62. The largest absolute Gasteiger partial charge is 0.211 e. The average molecular weight is 260 g/mol. The van der Waals surface area contributed by atoms with Gasteiger partial charge in [0, 0.05) is 0 Å². The number of hydrogen-bond donors (Lipinski definition) is 0. The summed E-state index contributed by atoms with van der Waals surface area (Å²) in [5, 5.41) is 13.2. The molecule has 0 atom stereocenters. The number of hydrogen-bond acceptors (Lipinski definition) is 4. The van der Waals surface area contributed by atoms with Crippen LogP contribution in [-0.2, 0) is 6.42 Å². The molecule has 0 amide bonds. The molecule has 0 aliphatic rings. The Kier molecular flexibility index (Phi) is 4.15. The Labute approximate surface area is 111 Å². The average Bonchev–Trinajstić information content (AvgIpc) is 2.77. The number of benzene rings is 1. The third-order valence-electron chi connectivity index (χ3n) is 2.66. The Morgan fingerprint density at radius 1 is 1.28 bits per heavy atom. The van der Waals surface area contributed by atoms with Crippen LogP contribution in [0.4, 0.5) is 0 Å². The lowest BCUT2D eigenvalue weighted by Gasteiger charge is -1.99. The Morgan fingerprint density at radius 3 is 2.61 bits per heavy atom. The van der Waals surface area contributed by atoms with Gasteiger partial charge in [-0.3, -0.25) is 0 Å². The first kappa shape index (κ1) is 12.8. The van der Waals surface area contributed by atoms with E-state index in [9.17, 15) is 0 Å². The van der Waals surface area contributed by atoms with E-state index in [0.717, 1.165) is 23.0 Å². The van der Waals surface area contributed by atoms with Gasteiger partial charge in [-0.25, -0.2) is 0 Å². The molecule has 1 aromatic carbocycles. The van der Waals surface area contributed by atoms with Crippen LogP contribution in [-0.4, -0.2) is 27.3 Å². The maximum Gasteiger partial charge on any atom is 0.211 e. The molecule has 0 unspecified atom stereocenters. The van der Waals surface area contributed by atoms with E-state index in [1.54, 1.807) is 4.68 Å². The van der Waals surface area contributed by atoms with Crippen LogP contribution in [0.5, 0.6) is 0 Å². The summed E-state index contributed by atoms with van der Waals surface area (Å²) in [6.07, 6.45) is 4.85. The molecule has 4 nitrogen and oxygen atoms in total. The summed E-state index contributed by atoms with van der Waals surface area (Å²) in [7, 11) is 0. The minimum absolute atomic E-state index is 0.792. The first-order valence-electron chi connectivity index (χ1n) is 5.84. The second-order valence-corrected chi connectivity index (χ2v) is 4.66. The molecule has 0 aliphatic heterocycles. The van der Waals surface area contributed by atoms with Crippen molar-refractivity contribution < 1.29 is 0 Å². The zero-order chi connectivity index (χ0) is 13.0. The predicted octanol–water partition coefficient (Wildman–Crippen LogP) is 2.75. The highest BCUT2D eigenvalue weighted by atomic mass is 32.2. The Bertz CT molecular complexity index is 543. The molecule has 0 fully saturated rings. The SMILES string of the molecule is CCc1ccc(/C=N\n2c(C)nnc2SC)cc1. The van der Waals surface area contributed by atoms with Crippen molar-refractivity contribution in [1.82, 2.24) is 14.9 Å². The highest BCUT2D eigenvalue weighted by Gasteiger charge is 2.05. The minimum atomic E-state index is 0.792. The zero-order valence-corrected chi connectivity index (χ0v) is 11.6. The van der Waals surface area contributed by atoms with Crippen LogP contribution in [0.3, 0.4) is 0 Å². The Balaban J connectivity index is 2.21. The van der Waals surface area contributed by atoms with E-state index in [0.29, 0.717) is 0 Å². The van der Waals surface area contributed by atoms with Gasteiger partial charge in [-0.2, -0.15) is 9.78 Å². The zero-order valence-electron chi connectivity index (χ0n) is 10.8. The van der Waals surface area contributed by atoms with Crippen molar-refractivity contribution in [2.75, 3.05) is 6.26 Å². The molecule has 5 heteroatoms. The first-order chi connectivity index (χ1) is 8.74. The molecule has 0 saturated heterocycles. The van der Waals surface area contributed by atoms with Crippen molar-refractivity contribution in [3.8, 4) is 0 Å². The number of nitrogens with zero attached hydrogens (tertiary/aromatic N) is 4. The standard InChI is InChI=1S/C13H16N4S/c1-4-11-5-7-12(8-6-11)9-14-17-10(2)15-16-13(17)18-3/h5-9H,4H2,1-3H3/b14-9-. The fourth-order valence-electron chi connectivity index (χ4n) is 1.56. The quantitative estimate of drug-likeness (QED) is 0.627. The van der Waals surface area contributed by atoms with Crippen LogP contribution < -0.4 is 0 Å². The van der Waals surface area contributed by atoms with Gasteiger partial charge in [-0.05, 0) is 30.7 Å². The van der Waals surface area contributed by atoms with Gasteiger partial charge in [-0.15, -0.1) is 10.2 Å². The van der Waals surface area contributed by atoms with Crippen LogP contribution in [0.15, 0.2) is 34.5 Å². The van der Waals surface area contributed by atoms with Crippen molar-refractivity contribution in [2.45, 2.75) is 25.4 Å². The highest BCUT2D eigenvalue weighted by molar-refractivity contribution is 7.98. The summed E-state index contributed by atoms with van der Waals surface area (Å²) in [4.78, 5) is 0. The van der Waals surface area contributed by atoms with Crippen LogP contribution in [0.25, 0.3) is 0 Å². The second-order valence-electron chi connectivity index (χ2n) is 3.89. The van der Waals surface area contributed by atoms with Gasteiger partial charge in [0.25, 0.3) is 0 Å². The summed E-state index contributed by atoms with van der Waals surface area (Å²) in [6.45, 7) is 4.04. The number of aryl methyl sites for hydroxylation is 2. The molecule has 0 bridgehead atoms. The van der Waals surface area contributed by atoms with Crippen LogP contribution in [0.1, 0.15) is 23.9 Å². The molecule has 18 heavy (non-hydrogen) atoms. The topological polar surface area (TPSA) is 43.1 Å². The summed E-state index contributed by atoms with van der Waals surface area (Å²) in [6, 6.07) is 8.38. The molecule has 0 aliphatic carbocycles. The maximum absolute atomic E-state index is 4.41. The second kappa shape index (κ2) is 5.82. The van der Waals surface area contributed by atoms with Gasteiger partial charge in [0.15, 0.2) is 5.82 Å². The van der Waals surface area contributed by atoms with Crippen LogP contribution in [0, 0.1) is 6.92 Å². The molecule has 2 aromatic rings. The van der Waals surface area contributed by atoms with E-state index in [1.807, 2.05) is 19.4 Å². The van der Waals surface area contributed by atoms with Crippen molar-refractivity contribution in [3.63, 3.8) is 0 Å². The van der Waals surface area contributed by atoms with Crippen molar-refractivity contribution in [1.29, 1.82) is 0 Å².